The van der Waals surface area contributed by atoms with E-state index in [2.05, 4.69) is 17.4 Å². The third-order valence-electron chi connectivity index (χ3n) is 4.08. The van der Waals surface area contributed by atoms with Crippen molar-refractivity contribution in [3.8, 4) is 0 Å². The van der Waals surface area contributed by atoms with Crippen LogP contribution in [0.25, 0.3) is 0 Å². The number of amides is 1. The minimum atomic E-state index is -0.0191. The van der Waals surface area contributed by atoms with Crippen LogP contribution in [0.5, 0.6) is 0 Å². The van der Waals surface area contributed by atoms with Crippen LogP contribution in [0.3, 0.4) is 0 Å². The number of thioether (sulfide) groups is 2. The number of hydrogen-bond acceptors (Lipinski definition) is 3. The lowest BCUT2D eigenvalue weighted by Gasteiger charge is -2.07. The predicted molar refractivity (Wildman–Crippen MR) is 122 cm³/mol. The quantitative estimate of drug-likeness (QED) is 0.321. The van der Waals surface area contributed by atoms with E-state index in [1.54, 1.807) is 23.5 Å². The molecule has 0 atom stereocenters. The average Bonchev–Trinajstić information content (AvgIpc) is 2.74. The van der Waals surface area contributed by atoms with Crippen LogP contribution in [0.15, 0.2) is 83.8 Å². The molecule has 5 heteroatoms. The first-order valence-electron chi connectivity index (χ1n) is 9.08. The molecular formula is C23H22ClNOS2. The molecule has 0 spiro atoms. The second kappa shape index (κ2) is 11.2. The molecule has 0 aliphatic carbocycles. The number of rotatable bonds is 9. The van der Waals surface area contributed by atoms with E-state index >= 15 is 0 Å². The molecule has 3 rings (SSSR count). The monoisotopic (exact) mass is 427 g/mol. The Hall–Kier alpha value is -1.88. The van der Waals surface area contributed by atoms with Crippen molar-refractivity contribution >= 4 is 41.0 Å². The Morgan fingerprint density at radius 3 is 2.18 bits per heavy atom. The Bertz CT molecular complexity index is 867. The van der Waals surface area contributed by atoms with Gasteiger partial charge in [0.15, 0.2) is 0 Å². The fraction of sp³-hybridized carbons (Fsp3) is 0.174. The molecule has 0 aliphatic heterocycles. The third-order valence-corrected chi connectivity index (χ3v) is 6.44. The van der Waals surface area contributed by atoms with Gasteiger partial charge >= 0.3 is 0 Å². The van der Waals surface area contributed by atoms with Crippen molar-refractivity contribution in [2.45, 2.75) is 16.4 Å². The van der Waals surface area contributed by atoms with Gasteiger partial charge in [0, 0.05) is 39.3 Å². The van der Waals surface area contributed by atoms with E-state index in [-0.39, 0.29) is 5.91 Å². The van der Waals surface area contributed by atoms with Crippen molar-refractivity contribution < 1.29 is 4.79 Å². The van der Waals surface area contributed by atoms with E-state index in [9.17, 15) is 4.79 Å². The first-order valence-corrected chi connectivity index (χ1v) is 11.6. The second-order valence-corrected chi connectivity index (χ2v) is 8.82. The van der Waals surface area contributed by atoms with Crippen LogP contribution in [0, 0.1) is 0 Å². The molecule has 0 bridgehead atoms. The van der Waals surface area contributed by atoms with Gasteiger partial charge in [0.05, 0.1) is 0 Å². The van der Waals surface area contributed by atoms with Gasteiger partial charge in [-0.1, -0.05) is 54.1 Å². The normalized spacial score (nSPS) is 10.6. The van der Waals surface area contributed by atoms with Crippen molar-refractivity contribution in [2.75, 3.05) is 12.3 Å². The first-order chi connectivity index (χ1) is 13.7. The number of nitrogens with one attached hydrogen (secondary N) is 1. The van der Waals surface area contributed by atoms with Crippen LogP contribution in [-0.4, -0.2) is 18.2 Å². The summed E-state index contributed by atoms with van der Waals surface area (Å²) in [5, 5.41) is 3.74. The van der Waals surface area contributed by atoms with Crippen LogP contribution in [0.4, 0.5) is 0 Å². The van der Waals surface area contributed by atoms with Gasteiger partial charge in [-0.05, 0) is 47.5 Å². The Labute approximate surface area is 180 Å². The number of hydrogen-bond donors (Lipinski definition) is 1. The van der Waals surface area contributed by atoms with Crippen LogP contribution in [0.1, 0.15) is 21.5 Å². The van der Waals surface area contributed by atoms with E-state index < -0.39 is 0 Å². The van der Waals surface area contributed by atoms with Crippen molar-refractivity contribution in [3.63, 3.8) is 0 Å². The molecule has 0 saturated heterocycles. The van der Waals surface area contributed by atoms with Gasteiger partial charge in [0.2, 0.25) is 0 Å². The summed E-state index contributed by atoms with van der Waals surface area (Å²) in [6.45, 7) is 0.655. The highest BCUT2D eigenvalue weighted by Gasteiger charge is 2.05. The van der Waals surface area contributed by atoms with Gasteiger partial charge in [-0.25, -0.2) is 0 Å². The summed E-state index contributed by atoms with van der Waals surface area (Å²) in [4.78, 5) is 13.5. The van der Waals surface area contributed by atoms with Crippen molar-refractivity contribution in [3.05, 3.63) is 101 Å². The predicted octanol–water partition coefficient (Wildman–Crippen LogP) is 6.30. The molecule has 1 N–H and O–H groups in total. The number of halogens is 1. The third kappa shape index (κ3) is 6.93. The van der Waals surface area contributed by atoms with E-state index in [0.29, 0.717) is 12.1 Å². The first kappa shape index (κ1) is 20.8. The molecular weight excluding hydrogens is 406 g/mol. The minimum absolute atomic E-state index is 0.0191. The highest BCUT2D eigenvalue weighted by atomic mass is 35.5. The van der Waals surface area contributed by atoms with Crippen LogP contribution < -0.4 is 5.32 Å². The fourth-order valence-electron chi connectivity index (χ4n) is 2.55. The van der Waals surface area contributed by atoms with Crippen molar-refractivity contribution in [1.82, 2.24) is 5.32 Å². The SMILES string of the molecule is O=C(NCCSCc1ccc(Cl)cc1)c1ccc(CSc2ccccc2)cc1. The van der Waals surface area contributed by atoms with E-state index in [1.165, 1.54) is 16.0 Å². The summed E-state index contributed by atoms with van der Waals surface area (Å²) >= 11 is 9.48. The Kier molecular flexibility index (Phi) is 8.34. The Morgan fingerprint density at radius 2 is 1.46 bits per heavy atom. The van der Waals surface area contributed by atoms with Gasteiger partial charge in [-0.2, -0.15) is 11.8 Å². The average molecular weight is 428 g/mol. The molecule has 0 saturated carbocycles. The summed E-state index contributed by atoms with van der Waals surface area (Å²) in [6, 6.07) is 26.1. The molecule has 0 aliphatic rings. The van der Waals surface area contributed by atoms with Gasteiger partial charge < -0.3 is 5.32 Å². The molecule has 0 unspecified atom stereocenters. The van der Waals surface area contributed by atoms with Crippen LogP contribution in [0.2, 0.25) is 5.02 Å². The molecule has 144 valence electrons. The molecule has 3 aromatic carbocycles. The summed E-state index contributed by atoms with van der Waals surface area (Å²) in [6.07, 6.45) is 0. The lowest BCUT2D eigenvalue weighted by molar-refractivity contribution is 0.0956. The van der Waals surface area contributed by atoms with Crippen molar-refractivity contribution in [1.29, 1.82) is 0 Å². The molecule has 0 fully saturated rings. The molecule has 0 aromatic heterocycles. The van der Waals surface area contributed by atoms with Gasteiger partial charge in [-0.3, -0.25) is 4.79 Å². The van der Waals surface area contributed by atoms with Crippen LogP contribution in [-0.2, 0) is 11.5 Å². The topological polar surface area (TPSA) is 29.1 Å². The Balaban J connectivity index is 1.36. The van der Waals surface area contributed by atoms with E-state index in [1.807, 2.05) is 66.7 Å². The Morgan fingerprint density at radius 1 is 0.821 bits per heavy atom. The summed E-state index contributed by atoms with van der Waals surface area (Å²) in [5.41, 5.74) is 3.16. The second-order valence-electron chi connectivity index (χ2n) is 6.23. The zero-order valence-corrected chi connectivity index (χ0v) is 17.8. The summed E-state index contributed by atoms with van der Waals surface area (Å²) in [7, 11) is 0. The molecule has 3 aromatic rings. The lowest BCUT2D eigenvalue weighted by Crippen LogP contribution is -2.25. The zero-order chi connectivity index (χ0) is 19.6. The molecule has 2 nitrogen and oxygen atoms in total. The standard InChI is InChI=1S/C23H22ClNOS2/c24-21-12-8-18(9-13-21)16-27-15-14-25-23(26)20-10-6-19(7-11-20)17-28-22-4-2-1-3-5-22/h1-13H,14-17H2,(H,25,26). The maximum atomic E-state index is 12.3. The zero-order valence-electron chi connectivity index (χ0n) is 15.4. The maximum absolute atomic E-state index is 12.3. The van der Waals surface area contributed by atoms with Gasteiger partial charge in [-0.15, -0.1) is 11.8 Å². The van der Waals surface area contributed by atoms with E-state index in [4.69, 9.17) is 11.6 Å². The van der Waals surface area contributed by atoms with Gasteiger partial charge in [0.1, 0.15) is 0 Å². The summed E-state index contributed by atoms with van der Waals surface area (Å²) in [5.74, 6) is 2.67. The number of benzene rings is 3. The summed E-state index contributed by atoms with van der Waals surface area (Å²) < 4.78 is 0. The molecule has 0 heterocycles. The van der Waals surface area contributed by atoms with Crippen molar-refractivity contribution in [2.24, 2.45) is 0 Å². The maximum Gasteiger partial charge on any atom is 0.251 e. The highest BCUT2D eigenvalue weighted by molar-refractivity contribution is 7.98. The largest absolute Gasteiger partial charge is 0.351 e. The van der Waals surface area contributed by atoms with Crippen LogP contribution >= 0.6 is 35.1 Å². The molecule has 0 radical (unpaired) electrons. The number of carbonyl (C=O) groups excluding carboxylic acids is 1. The minimum Gasteiger partial charge on any atom is -0.351 e. The molecule has 1 amide bonds. The lowest BCUT2D eigenvalue weighted by atomic mass is 10.1. The van der Waals surface area contributed by atoms with Gasteiger partial charge in [0.25, 0.3) is 5.91 Å². The molecule has 28 heavy (non-hydrogen) atoms. The highest BCUT2D eigenvalue weighted by Crippen LogP contribution is 2.22. The van der Waals surface area contributed by atoms with E-state index in [0.717, 1.165) is 22.3 Å². The number of carbonyl (C=O) groups is 1. The fourth-order valence-corrected chi connectivity index (χ4v) is 4.37. The smallest absolute Gasteiger partial charge is 0.251 e.